The minimum atomic E-state index is 0.846. The molecule has 1 fully saturated rings. The number of methoxy groups -OCH3 is 1. The number of benzene rings is 1. The predicted octanol–water partition coefficient (Wildman–Crippen LogP) is 2.48. The van der Waals surface area contributed by atoms with E-state index in [2.05, 4.69) is 40.1 Å². The Hall–Kier alpha value is -0.900. The maximum Gasteiger partial charge on any atom is 0.0589 e. The Bertz CT molecular complexity index is 308. The van der Waals surface area contributed by atoms with E-state index < -0.39 is 0 Å². The molecule has 3 heteroatoms. The lowest BCUT2D eigenvalue weighted by Gasteiger charge is -2.34. The van der Waals surface area contributed by atoms with Crippen LogP contribution in [0.4, 0.5) is 0 Å². The Morgan fingerprint density at radius 1 is 0.947 bits per heavy atom. The first-order valence-corrected chi connectivity index (χ1v) is 7.36. The molecule has 1 aromatic carbocycles. The molecule has 0 saturated carbocycles. The lowest BCUT2D eigenvalue weighted by molar-refractivity contribution is 0.0938. The van der Waals surface area contributed by atoms with E-state index >= 15 is 0 Å². The van der Waals surface area contributed by atoms with Gasteiger partial charge in [0.1, 0.15) is 0 Å². The van der Waals surface area contributed by atoms with Gasteiger partial charge in [-0.05, 0) is 5.56 Å². The number of ether oxygens (including phenoxy) is 1. The highest BCUT2D eigenvalue weighted by Gasteiger charge is 2.16. The third-order valence-corrected chi connectivity index (χ3v) is 3.33. The Kier molecular flexibility index (Phi) is 8.47. The van der Waals surface area contributed by atoms with Crippen molar-refractivity contribution in [3.05, 3.63) is 35.9 Å². The highest BCUT2D eigenvalue weighted by molar-refractivity contribution is 5.14. The van der Waals surface area contributed by atoms with Gasteiger partial charge in [0.15, 0.2) is 0 Å². The first-order valence-electron chi connectivity index (χ1n) is 7.36. The van der Waals surface area contributed by atoms with Crippen molar-refractivity contribution >= 4 is 0 Å². The summed E-state index contributed by atoms with van der Waals surface area (Å²) in [6, 6.07) is 10.7. The number of hydrogen-bond acceptors (Lipinski definition) is 3. The molecule has 1 heterocycles. The summed E-state index contributed by atoms with van der Waals surface area (Å²) in [7, 11) is 1.77. The van der Waals surface area contributed by atoms with Crippen LogP contribution in [0, 0.1) is 0 Å². The lowest BCUT2D eigenvalue weighted by atomic mass is 10.2. The highest BCUT2D eigenvalue weighted by Crippen LogP contribution is 2.07. The number of rotatable bonds is 5. The third kappa shape index (κ3) is 6.19. The fourth-order valence-corrected chi connectivity index (χ4v) is 2.23. The Morgan fingerprint density at radius 3 is 2.11 bits per heavy atom. The van der Waals surface area contributed by atoms with Crippen molar-refractivity contribution in [2.24, 2.45) is 0 Å². The van der Waals surface area contributed by atoms with Crippen LogP contribution >= 0.6 is 0 Å². The maximum atomic E-state index is 5.11. The molecule has 0 amide bonds. The van der Waals surface area contributed by atoms with E-state index in [9.17, 15) is 0 Å². The highest BCUT2D eigenvalue weighted by atomic mass is 16.5. The predicted molar refractivity (Wildman–Crippen MR) is 81.4 cm³/mol. The van der Waals surface area contributed by atoms with Crippen molar-refractivity contribution < 1.29 is 4.74 Å². The second kappa shape index (κ2) is 9.96. The van der Waals surface area contributed by atoms with Crippen LogP contribution in [0.15, 0.2) is 30.3 Å². The summed E-state index contributed by atoms with van der Waals surface area (Å²) in [5.74, 6) is 0. The van der Waals surface area contributed by atoms with E-state index in [0.717, 1.165) is 32.8 Å². The van der Waals surface area contributed by atoms with Crippen molar-refractivity contribution in [3.8, 4) is 0 Å². The van der Waals surface area contributed by atoms with Crippen LogP contribution in [-0.4, -0.2) is 56.2 Å². The first kappa shape index (κ1) is 16.2. The van der Waals surface area contributed by atoms with Crippen LogP contribution in [-0.2, 0) is 11.3 Å². The topological polar surface area (TPSA) is 15.7 Å². The van der Waals surface area contributed by atoms with Gasteiger partial charge in [-0.25, -0.2) is 0 Å². The zero-order chi connectivity index (χ0) is 13.9. The molecule has 0 aromatic heterocycles. The second-order valence-corrected chi connectivity index (χ2v) is 4.60. The monoisotopic (exact) mass is 264 g/mol. The summed E-state index contributed by atoms with van der Waals surface area (Å²) in [4.78, 5) is 5.00. The molecule has 19 heavy (non-hydrogen) atoms. The Labute approximate surface area is 118 Å². The molecule has 108 valence electrons. The van der Waals surface area contributed by atoms with E-state index in [1.807, 2.05) is 13.8 Å². The van der Waals surface area contributed by atoms with Crippen LogP contribution in [0.25, 0.3) is 0 Å². The summed E-state index contributed by atoms with van der Waals surface area (Å²) in [6.45, 7) is 11.6. The van der Waals surface area contributed by atoms with Gasteiger partial charge in [0, 0.05) is 46.4 Å². The summed E-state index contributed by atoms with van der Waals surface area (Å²) >= 11 is 0. The summed E-state index contributed by atoms with van der Waals surface area (Å²) < 4.78 is 5.11. The molecule has 0 spiro atoms. The van der Waals surface area contributed by atoms with Gasteiger partial charge in [0.2, 0.25) is 0 Å². The molecule has 0 aliphatic carbocycles. The average Bonchev–Trinajstić information content (AvgIpc) is 2.50. The van der Waals surface area contributed by atoms with E-state index in [1.165, 1.54) is 18.7 Å². The summed E-state index contributed by atoms with van der Waals surface area (Å²) in [5, 5.41) is 0. The Balaban J connectivity index is 0.000000861. The molecule has 0 radical (unpaired) electrons. The van der Waals surface area contributed by atoms with Crippen molar-refractivity contribution in [3.63, 3.8) is 0 Å². The SMILES string of the molecule is CC.COCCN1CCN(Cc2ccccc2)CC1. The van der Waals surface area contributed by atoms with Gasteiger partial charge in [-0.3, -0.25) is 9.80 Å². The van der Waals surface area contributed by atoms with Gasteiger partial charge in [-0.1, -0.05) is 44.2 Å². The fraction of sp³-hybridized carbons (Fsp3) is 0.625. The van der Waals surface area contributed by atoms with Gasteiger partial charge in [0.25, 0.3) is 0 Å². The van der Waals surface area contributed by atoms with Crippen LogP contribution in [0.2, 0.25) is 0 Å². The largest absolute Gasteiger partial charge is 0.383 e. The van der Waals surface area contributed by atoms with Crippen molar-refractivity contribution in [2.45, 2.75) is 20.4 Å². The second-order valence-electron chi connectivity index (χ2n) is 4.60. The molecule has 0 N–H and O–H groups in total. The molecule has 1 aliphatic rings. The van der Waals surface area contributed by atoms with E-state index in [1.54, 1.807) is 7.11 Å². The van der Waals surface area contributed by atoms with Gasteiger partial charge < -0.3 is 4.74 Å². The number of hydrogen-bond donors (Lipinski definition) is 0. The zero-order valence-electron chi connectivity index (χ0n) is 12.6. The van der Waals surface area contributed by atoms with Crippen LogP contribution in [0.1, 0.15) is 19.4 Å². The number of piperazine rings is 1. The summed E-state index contributed by atoms with van der Waals surface area (Å²) in [5.41, 5.74) is 1.41. The molecule has 0 bridgehead atoms. The Morgan fingerprint density at radius 2 is 1.53 bits per heavy atom. The van der Waals surface area contributed by atoms with E-state index in [4.69, 9.17) is 4.74 Å². The molecule has 0 atom stereocenters. The molecule has 3 nitrogen and oxygen atoms in total. The smallest absolute Gasteiger partial charge is 0.0589 e. The quantitative estimate of drug-likeness (QED) is 0.812. The normalized spacial score (nSPS) is 16.8. The minimum Gasteiger partial charge on any atom is -0.383 e. The molecule has 1 aliphatic heterocycles. The van der Waals surface area contributed by atoms with Crippen molar-refractivity contribution in [2.75, 3.05) is 46.4 Å². The zero-order valence-corrected chi connectivity index (χ0v) is 12.6. The standard InChI is InChI=1S/C14H22N2O.C2H6/c1-17-12-11-15-7-9-16(10-8-15)13-14-5-3-2-4-6-14;1-2/h2-6H,7-13H2,1H3;1-2H3. The van der Waals surface area contributed by atoms with Gasteiger partial charge >= 0.3 is 0 Å². The number of nitrogens with zero attached hydrogens (tertiary/aromatic N) is 2. The van der Waals surface area contributed by atoms with E-state index in [-0.39, 0.29) is 0 Å². The van der Waals surface area contributed by atoms with Crippen LogP contribution < -0.4 is 0 Å². The van der Waals surface area contributed by atoms with Crippen LogP contribution in [0.5, 0.6) is 0 Å². The summed E-state index contributed by atoms with van der Waals surface area (Å²) in [6.07, 6.45) is 0. The average molecular weight is 264 g/mol. The lowest BCUT2D eigenvalue weighted by Crippen LogP contribution is -2.46. The van der Waals surface area contributed by atoms with Crippen molar-refractivity contribution in [1.29, 1.82) is 0 Å². The van der Waals surface area contributed by atoms with E-state index in [0.29, 0.717) is 0 Å². The first-order chi connectivity index (χ1) is 9.38. The molecular weight excluding hydrogens is 236 g/mol. The third-order valence-electron chi connectivity index (χ3n) is 3.33. The van der Waals surface area contributed by atoms with Crippen LogP contribution in [0.3, 0.4) is 0 Å². The minimum absolute atomic E-state index is 0.846. The van der Waals surface area contributed by atoms with Gasteiger partial charge in [0.05, 0.1) is 6.61 Å². The molecule has 0 unspecified atom stereocenters. The van der Waals surface area contributed by atoms with Crippen molar-refractivity contribution in [1.82, 2.24) is 9.80 Å². The molecule has 2 rings (SSSR count). The van der Waals surface area contributed by atoms with Gasteiger partial charge in [-0.2, -0.15) is 0 Å². The van der Waals surface area contributed by atoms with Gasteiger partial charge in [-0.15, -0.1) is 0 Å². The molecular formula is C16H28N2O. The molecule has 1 saturated heterocycles. The maximum absolute atomic E-state index is 5.11. The molecule has 1 aromatic rings. The fourth-order valence-electron chi connectivity index (χ4n) is 2.23.